The lowest BCUT2D eigenvalue weighted by Crippen LogP contribution is -2.46. The van der Waals surface area contributed by atoms with Crippen LogP contribution in [0.3, 0.4) is 0 Å². The molecule has 0 aliphatic carbocycles. The lowest BCUT2D eigenvalue weighted by atomic mass is 10.2. The Morgan fingerprint density at radius 1 is 0.808 bits per heavy atom. The quantitative estimate of drug-likeness (QED) is 0.421. The zero-order valence-corrected chi connectivity index (χ0v) is 18.1. The summed E-state index contributed by atoms with van der Waals surface area (Å²) in [7, 11) is 0. The van der Waals surface area contributed by atoms with E-state index >= 15 is 0 Å². The van der Waals surface area contributed by atoms with Gasteiger partial charge in [-0.05, 0) is 48.5 Å². The highest BCUT2D eigenvalue weighted by Gasteiger charge is 2.16. The van der Waals surface area contributed by atoms with Gasteiger partial charge >= 0.3 is 0 Å². The molecule has 0 bridgehead atoms. The average molecular weight is 434 g/mol. The number of halogens is 3. The van der Waals surface area contributed by atoms with Gasteiger partial charge in [-0.15, -0.1) is 36.6 Å². The van der Waals surface area contributed by atoms with Gasteiger partial charge in [0.15, 0.2) is 0 Å². The van der Waals surface area contributed by atoms with E-state index in [1.807, 2.05) is 23.9 Å². The summed E-state index contributed by atoms with van der Waals surface area (Å²) in [5.74, 6) is 1.17. The van der Waals surface area contributed by atoms with Crippen molar-refractivity contribution in [2.24, 2.45) is 0 Å². The molecular formula is C20H27Cl3N2S. The van der Waals surface area contributed by atoms with Crippen molar-refractivity contribution in [3.8, 4) is 0 Å². The van der Waals surface area contributed by atoms with Crippen molar-refractivity contribution in [2.45, 2.75) is 17.9 Å². The Morgan fingerprint density at radius 2 is 1.42 bits per heavy atom. The summed E-state index contributed by atoms with van der Waals surface area (Å²) in [6, 6.07) is 18.9. The number of piperazine rings is 1. The maximum absolute atomic E-state index is 5.92. The smallest absolute Gasteiger partial charge is 0.0406 e. The predicted molar refractivity (Wildman–Crippen MR) is 119 cm³/mol. The van der Waals surface area contributed by atoms with Gasteiger partial charge in [0.25, 0.3) is 0 Å². The topological polar surface area (TPSA) is 6.48 Å². The number of hydrogen-bond donors (Lipinski definition) is 0. The predicted octanol–water partition coefficient (Wildman–Crippen LogP) is 5.48. The van der Waals surface area contributed by atoms with Gasteiger partial charge in [-0.1, -0.05) is 41.9 Å². The van der Waals surface area contributed by atoms with Gasteiger partial charge in [0, 0.05) is 42.6 Å². The van der Waals surface area contributed by atoms with E-state index in [0.717, 1.165) is 11.6 Å². The molecule has 26 heavy (non-hydrogen) atoms. The maximum Gasteiger partial charge on any atom is 0.0406 e. The molecule has 0 unspecified atom stereocenters. The molecule has 1 fully saturated rings. The first-order valence-corrected chi connectivity index (χ1v) is 10.0. The van der Waals surface area contributed by atoms with Crippen LogP contribution in [0.25, 0.3) is 0 Å². The van der Waals surface area contributed by atoms with E-state index in [1.165, 1.54) is 55.4 Å². The lowest BCUT2D eigenvalue weighted by Gasteiger charge is -2.34. The standard InChI is InChI=1S/C20H25ClN2S.2ClH/c21-19-7-9-20(10-8-19)24-16-4-11-22-12-14-23(15-13-22)17-18-5-2-1-3-6-18;;/h1-3,5-10H,4,11-17H2;2*1H. The normalized spacial score (nSPS) is 15.1. The summed E-state index contributed by atoms with van der Waals surface area (Å²) >= 11 is 7.84. The summed E-state index contributed by atoms with van der Waals surface area (Å²) in [4.78, 5) is 6.48. The maximum atomic E-state index is 5.92. The van der Waals surface area contributed by atoms with Crippen LogP contribution in [-0.2, 0) is 6.54 Å². The fraction of sp³-hybridized carbons (Fsp3) is 0.400. The van der Waals surface area contributed by atoms with E-state index in [0.29, 0.717) is 0 Å². The third-order valence-electron chi connectivity index (χ3n) is 4.41. The van der Waals surface area contributed by atoms with Gasteiger partial charge in [-0.3, -0.25) is 4.90 Å². The first-order valence-electron chi connectivity index (χ1n) is 8.66. The summed E-state index contributed by atoms with van der Waals surface area (Å²) in [5, 5.41) is 0.813. The van der Waals surface area contributed by atoms with Crippen molar-refractivity contribution in [3.63, 3.8) is 0 Å². The Labute approximate surface area is 179 Å². The van der Waals surface area contributed by atoms with E-state index < -0.39 is 0 Å². The van der Waals surface area contributed by atoms with Crippen molar-refractivity contribution in [2.75, 3.05) is 38.5 Å². The van der Waals surface area contributed by atoms with Crippen molar-refractivity contribution in [1.82, 2.24) is 9.80 Å². The third-order valence-corrected chi connectivity index (χ3v) is 5.77. The number of thioether (sulfide) groups is 1. The molecule has 0 aromatic heterocycles. The van der Waals surface area contributed by atoms with Crippen molar-refractivity contribution < 1.29 is 0 Å². The molecule has 6 heteroatoms. The molecule has 0 spiro atoms. The van der Waals surface area contributed by atoms with Gasteiger partial charge in [0.2, 0.25) is 0 Å². The molecule has 2 aromatic rings. The van der Waals surface area contributed by atoms with Crippen molar-refractivity contribution in [1.29, 1.82) is 0 Å². The Hall–Kier alpha value is -0.420. The molecule has 1 heterocycles. The third kappa shape index (κ3) is 8.08. The molecule has 0 radical (unpaired) electrons. The lowest BCUT2D eigenvalue weighted by molar-refractivity contribution is 0.127. The van der Waals surface area contributed by atoms with Crippen LogP contribution in [0.4, 0.5) is 0 Å². The molecule has 2 nitrogen and oxygen atoms in total. The Bertz CT molecular complexity index is 602. The fourth-order valence-corrected chi connectivity index (χ4v) is 3.99. The van der Waals surface area contributed by atoms with Gasteiger partial charge in [0.1, 0.15) is 0 Å². The molecule has 2 aromatic carbocycles. The fourth-order valence-electron chi connectivity index (χ4n) is 3.02. The minimum atomic E-state index is 0. The van der Waals surface area contributed by atoms with Crippen LogP contribution in [0.15, 0.2) is 59.5 Å². The second kappa shape index (κ2) is 12.9. The molecule has 1 aliphatic heterocycles. The zero-order valence-electron chi connectivity index (χ0n) is 14.9. The molecular weight excluding hydrogens is 407 g/mol. The van der Waals surface area contributed by atoms with E-state index in [4.69, 9.17) is 11.6 Å². The van der Waals surface area contributed by atoms with Crippen LogP contribution >= 0.6 is 48.2 Å². The second-order valence-corrected chi connectivity index (χ2v) is 7.86. The largest absolute Gasteiger partial charge is 0.301 e. The number of rotatable bonds is 7. The molecule has 1 saturated heterocycles. The minimum Gasteiger partial charge on any atom is -0.301 e. The second-order valence-electron chi connectivity index (χ2n) is 6.26. The Balaban J connectivity index is 0.00000169. The first-order chi connectivity index (χ1) is 11.8. The van der Waals surface area contributed by atoms with Crippen LogP contribution in [0.2, 0.25) is 5.02 Å². The van der Waals surface area contributed by atoms with Gasteiger partial charge in [0.05, 0.1) is 0 Å². The summed E-state index contributed by atoms with van der Waals surface area (Å²) in [6.07, 6.45) is 1.24. The monoisotopic (exact) mass is 432 g/mol. The van der Waals surface area contributed by atoms with E-state index in [-0.39, 0.29) is 24.8 Å². The molecule has 1 aliphatic rings. The van der Waals surface area contributed by atoms with E-state index in [2.05, 4.69) is 52.3 Å². The molecule has 0 atom stereocenters. The molecule has 0 amide bonds. The number of benzene rings is 2. The molecule has 3 rings (SSSR count). The Morgan fingerprint density at radius 3 is 2.08 bits per heavy atom. The van der Waals surface area contributed by atoms with Gasteiger partial charge in [-0.25, -0.2) is 0 Å². The van der Waals surface area contributed by atoms with Crippen LogP contribution in [-0.4, -0.2) is 48.3 Å². The highest BCUT2D eigenvalue weighted by atomic mass is 35.5. The number of nitrogens with zero attached hydrogens (tertiary/aromatic N) is 2. The van der Waals surface area contributed by atoms with Crippen molar-refractivity contribution in [3.05, 3.63) is 65.2 Å². The van der Waals surface area contributed by atoms with Gasteiger partial charge in [-0.2, -0.15) is 0 Å². The zero-order chi connectivity index (χ0) is 16.6. The molecule has 144 valence electrons. The first kappa shape index (κ1) is 23.6. The van der Waals surface area contributed by atoms with Crippen LogP contribution < -0.4 is 0 Å². The molecule has 0 N–H and O–H groups in total. The van der Waals surface area contributed by atoms with Crippen molar-refractivity contribution >= 4 is 48.2 Å². The van der Waals surface area contributed by atoms with E-state index in [9.17, 15) is 0 Å². The van der Waals surface area contributed by atoms with Crippen LogP contribution in [0.1, 0.15) is 12.0 Å². The summed E-state index contributed by atoms with van der Waals surface area (Å²) in [5.41, 5.74) is 1.42. The Kier molecular flexibility index (Phi) is 11.7. The van der Waals surface area contributed by atoms with Crippen LogP contribution in [0, 0.1) is 0 Å². The average Bonchev–Trinajstić information content (AvgIpc) is 2.62. The van der Waals surface area contributed by atoms with E-state index in [1.54, 1.807) is 0 Å². The van der Waals surface area contributed by atoms with Crippen LogP contribution in [0.5, 0.6) is 0 Å². The van der Waals surface area contributed by atoms with Gasteiger partial charge < -0.3 is 4.90 Å². The highest BCUT2D eigenvalue weighted by molar-refractivity contribution is 7.99. The molecule has 0 saturated carbocycles. The summed E-state index contributed by atoms with van der Waals surface area (Å²) in [6.45, 7) is 7.04. The summed E-state index contributed by atoms with van der Waals surface area (Å²) < 4.78 is 0. The SMILES string of the molecule is Cl.Cl.Clc1ccc(SCCCN2CCN(Cc3ccccc3)CC2)cc1. The highest BCUT2D eigenvalue weighted by Crippen LogP contribution is 2.21. The minimum absolute atomic E-state index is 0. The number of hydrogen-bond acceptors (Lipinski definition) is 3.